The third-order valence-electron chi connectivity index (χ3n) is 3.32. The summed E-state index contributed by atoms with van der Waals surface area (Å²) < 4.78 is 0.959. The molecule has 0 bridgehead atoms. The van der Waals surface area contributed by atoms with Crippen LogP contribution in [0.4, 0.5) is 0 Å². The van der Waals surface area contributed by atoms with E-state index in [2.05, 4.69) is 15.9 Å². The number of carbonyl (C=O) groups excluding carboxylic acids is 2. The van der Waals surface area contributed by atoms with Crippen LogP contribution < -0.4 is 11.5 Å². The van der Waals surface area contributed by atoms with Crippen molar-refractivity contribution in [2.45, 2.75) is 20.4 Å². The Balaban J connectivity index is 2.91. The highest BCUT2D eigenvalue weighted by Gasteiger charge is 2.26. The molecule has 0 aromatic heterocycles. The maximum Gasteiger partial charge on any atom is 0.237 e. The standard InChI is InChI=1S/C15H22BrN3O2/c1-10(2)13(7-17)15(21)19(9-14(18)20)8-11-3-5-12(16)6-4-11/h3-6,10,13H,7-9,17H2,1-2H3,(H2,18,20). The van der Waals surface area contributed by atoms with Gasteiger partial charge in [-0.05, 0) is 23.6 Å². The largest absolute Gasteiger partial charge is 0.368 e. The molecule has 0 fully saturated rings. The second kappa shape index (κ2) is 8.14. The van der Waals surface area contributed by atoms with Crippen molar-refractivity contribution in [1.82, 2.24) is 4.90 Å². The Kier molecular flexibility index (Phi) is 6.84. The summed E-state index contributed by atoms with van der Waals surface area (Å²) in [5.74, 6) is -0.850. The summed E-state index contributed by atoms with van der Waals surface area (Å²) in [7, 11) is 0. The molecule has 1 rings (SSSR count). The Morgan fingerprint density at radius 1 is 1.24 bits per heavy atom. The summed E-state index contributed by atoms with van der Waals surface area (Å²) >= 11 is 3.36. The monoisotopic (exact) mass is 355 g/mol. The Morgan fingerprint density at radius 3 is 2.24 bits per heavy atom. The SMILES string of the molecule is CC(C)C(CN)C(=O)N(CC(N)=O)Cc1ccc(Br)cc1. The number of rotatable bonds is 7. The van der Waals surface area contributed by atoms with Crippen molar-refractivity contribution in [3.05, 3.63) is 34.3 Å². The summed E-state index contributed by atoms with van der Waals surface area (Å²) in [5.41, 5.74) is 11.9. The van der Waals surface area contributed by atoms with Gasteiger partial charge in [-0.1, -0.05) is 41.9 Å². The van der Waals surface area contributed by atoms with Crippen LogP contribution in [-0.2, 0) is 16.1 Å². The van der Waals surface area contributed by atoms with Crippen LogP contribution in [0.1, 0.15) is 19.4 Å². The van der Waals surface area contributed by atoms with E-state index in [0.717, 1.165) is 10.0 Å². The second-order valence-electron chi connectivity index (χ2n) is 5.37. The number of halogens is 1. The lowest BCUT2D eigenvalue weighted by atomic mass is 9.94. The van der Waals surface area contributed by atoms with Crippen LogP contribution in [0.25, 0.3) is 0 Å². The highest BCUT2D eigenvalue weighted by atomic mass is 79.9. The van der Waals surface area contributed by atoms with Gasteiger partial charge in [-0.15, -0.1) is 0 Å². The van der Waals surface area contributed by atoms with Crippen molar-refractivity contribution in [3.63, 3.8) is 0 Å². The lowest BCUT2D eigenvalue weighted by molar-refractivity contribution is -0.140. The van der Waals surface area contributed by atoms with E-state index in [1.807, 2.05) is 38.1 Å². The molecule has 21 heavy (non-hydrogen) atoms. The highest BCUT2D eigenvalue weighted by Crippen LogP contribution is 2.17. The number of nitrogens with zero attached hydrogens (tertiary/aromatic N) is 1. The molecule has 5 nitrogen and oxygen atoms in total. The number of benzene rings is 1. The van der Waals surface area contributed by atoms with Gasteiger partial charge >= 0.3 is 0 Å². The van der Waals surface area contributed by atoms with Crippen LogP contribution in [0, 0.1) is 11.8 Å². The fourth-order valence-electron chi connectivity index (χ4n) is 2.10. The van der Waals surface area contributed by atoms with Crippen molar-refractivity contribution in [2.24, 2.45) is 23.3 Å². The van der Waals surface area contributed by atoms with E-state index >= 15 is 0 Å². The van der Waals surface area contributed by atoms with Gasteiger partial charge in [0, 0.05) is 17.6 Å². The smallest absolute Gasteiger partial charge is 0.237 e. The molecule has 0 aliphatic carbocycles. The van der Waals surface area contributed by atoms with Crippen molar-refractivity contribution in [2.75, 3.05) is 13.1 Å². The van der Waals surface area contributed by atoms with Crippen molar-refractivity contribution >= 4 is 27.7 Å². The molecular formula is C15H22BrN3O2. The first-order valence-corrected chi connectivity index (χ1v) is 7.66. The van der Waals surface area contributed by atoms with Crippen LogP contribution in [0.2, 0.25) is 0 Å². The maximum absolute atomic E-state index is 12.6. The predicted molar refractivity (Wildman–Crippen MR) is 86.1 cm³/mol. The molecule has 0 saturated heterocycles. The quantitative estimate of drug-likeness (QED) is 0.776. The van der Waals surface area contributed by atoms with Crippen LogP contribution in [0.15, 0.2) is 28.7 Å². The highest BCUT2D eigenvalue weighted by molar-refractivity contribution is 9.10. The van der Waals surface area contributed by atoms with Gasteiger partial charge in [0.25, 0.3) is 0 Å². The zero-order valence-electron chi connectivity index (χ0n) is 12.4. The van der Waals surface area contributed by atoms with E-state index in [4.69, 9.17) is 11.5 Å². The minimum Gasteiger partial charge on any atom is -0.368 e. The first-order chi connectivity index (χ1) is 9.85. The lowest BCUT2D eigenvalue weighted by Crippen LogP contribution is -2.44. The summed E-state index contributed by atoms with van der Waals surface area (Å²) in [6.07, 6.45) is 0. The van der Waals surface area contributed by atoms with Crippen LogP contribution in [0.5, 0.6) is 0 Å². The normalized spacial score (nSPS) is 12.2. The van der Waals surface area contributed by atoms with Gasteiger partial charge in [-0.2, -0.15) is 0 Å². The molecule has 0 saturated carbocycles. The Labute approximate surface area is 133 Å². The number of hydrogen-bond acceptors (Lipinski definition) is 3. The summed E-state index contributed by atoms with van der Waals surface area (Å²) in [6, 6.07) is 7.59. The van der Waals surface area contributed by atoms with Crippen LogP contribution in [-0.4, -0.2) is 29.8 Å². The fourth-order valence-corrected chi connectivity index (χ4v) is 2.37. The minimum atomic E-state index is -0.528. The van der Waals surface area contributed by atoms with Crippen molar-refractivity contribution in [1.29, 1.82) is 0 Å². The van der Waals surface area contributed by atoms with Crippen molar-refractivity contribution < 1.29 is 9.59 Å². The molecule has 0 spiro atoms. The van der Waals surface area contributed by atoms with E-state index in [1.165, 1.54) is 4.90 Å². The topological polar surface area (TPSA) is 89.4 Å². The molecule has 1 aromatic carbocycles. The lowest BCUT2D eigenvalue weighted by Gasteiger charge is -2.27. The van der Waals surface area contributed by atoms with Gasteiger partial charge in [-0.25, -0.2) is 0 Å². The van der Waals surface area contributed by atoms with Gasteiger partial charge in [0.05, 0.1) is 12.5 Å². The Bertz CT molecular complexity index is 488. The third-order valence-corrected chi connectivity index (χ3v) is 3.85. The molecular weight excluding hydrogens is 334 g/mol. The van der Waals surface area contributed by atoms with Crippen molar-refractivity contribution in [3.8, 4) is 0 Å². The second-order valence-corrected chi connectivity index (χ2v) is 6.29. The first kappa shape index (κ1) is 17.7. The average molecular weight is 356 g/mol. The zero-order chi connectivity index (χ0) is 16.0. The van der Waals surface area contributed by atoms with Gasteiger partial charge in [0.15, 0.2) is 0 Å². The number of carbonyl (C=O) groups is 2. The van der Waals surface area contributed by atoms with Crippen LogP contribution >= 0.6 is 15.9 Å². The van der Waals surface area contributed by atoms with E-state index in [0.29, 0.717) is 6.54 Å². The third kappa shape index (κ3) is 5.47. The molecule has 1 atom stereocenters. The number of amides is 2. The van der Waals surface area contributed by atoms with E-state index in [9.17, 15) is 9.59 Å². The van der Waals surface area contributed by atoms with Crippen LogP contribution in [0.3, 0.4) is 0 Å². The molecule has 0 aliphatic heterocycles. The van der Waals surface area contributed by atoms with Gasteiger partial charge in [0.1, 0.15) is 0 Å². The predicted octanol–water partition coefficient (Wildman–Crippen LogP) is 1.49. The van der Waals surface area contributed by atoms with E-state index < -0.39 is 5.91 Å². The first-order valence-electron chi connectivity index (χ1n) is 6.86. The van der Waals surface area contributed by atoms with E-state index in [-0.39, 0.29) is 30.8 Å². The zero-order valence-corrected chi connectivity index (χ0v) is 14.0. The Hall–Kier alpha value is -1.40. The average Bonchev–Trinajstić information content (AvgIpc) is 2.40. The molecule has 6 heteroatoms. The minimum absolute atomic E-state index is 0.0991. The summed E-state index contributed by atoms with van der Waals surface area (Å²) in [6.45, 7) is 4.39. The molecule has 2 amide bonds. The maximum atomic E-state index is 12.6. The van der Waals surface area contributed by atoms with Gasteiger partial charge in [-0.3, -0.25) is 9.59 Å². The number of nitrogens with two attached hydrogens (primary N) is 2. The molecule has 1 aromatic rings. The van der Waals surface area contributed by atoms with Gasteiger partial charge in [0.2, 0.25) is 11.8 Å². The van der Waals surface area contributed by atoms with Gasteiger partial charge < -0.3 is 16.4 Å². The molecule has 116 valence electrons. The molecule has 0 heterocycles. The number of hydrogen-bond donors (Lipinski definition) is 2. The summed E-state index contributed by atoms with van der Waals surface area (Å²) in [5, 5.41) is 0. The van der Waals surface area contributed by atoms with E-state index in [1.54, 1.807) is 0 Å². The molecule has 1 unspecified atom stereocenters. The molecule has 4 N–H and O–H groups in total. The molecule has 0 aliphatic rings. The molecule has 0 radical (unpaired) electrons. The Morgan fingerprint density at radius 2 is 1.81 bits per heavy atom. The number of primary amides is 1. The summed E-state index contributed by atoms with van der Waals surface area (Å²) in [4.78, 5) is 25.3. The fraction of sp³-hybridized carbons (Fsp3) is 0.467.